The molecule has 0 aliphatic rings. The van der Waals surface area contributed by atoms with E-state index in [1.54, 1.807) is 30.3 Å². The maximum absolute atomic E-state index is 13.2. The molecule has 1 atom stereocenters. The zero-order chi connectivity index (χ0) is 26.9. The molecule has 4 aromatic rings. The average molecular weight is 509 g/mol. The van der Waals surface area contributed by atoms with Crippen LogP contribution in [0.1, 0.15) is 39.1 Å². The van der Waals surface area contributed by atoms with Crippen molar-refractivity contribution in [3.05, 3.63) is 148 Å². The number of hydrogen-bond acceptors (Lipinski definition) is 6. The summed E-state index contributed by atoms with van der Waals surface area (Å²) in [6, 6.07) is 31.8. The first-order valence-electron chi connectivity index (χ1n) is 11.8. The summed E-state index contributed by atoms with van der Waals surface area (Å²) in [7, 11) is 0. The van der Waals surface area contributed by atoms with Gasteiger partial charge in [-0.2, -0.15) is 0 Å². The predicted molar refractivity (Wildman–Crippen MR) is 140 cm³/mol. The zero-order valence-electron chi connectivity index (χ0n) is 20.2. The number of nitro benzene ring substituents is 1. The molecule has 0 radical (unpaired) electrons. The highest BCUT2D eigenvalue weighted by Gasteiger charge is 2.28. The summed E-state index contributed by atoms with van der Waals surface area (Å²) in [5, 5.41) is 13.7. The van der Waals surface area contributed by atoms with Gasteiger partial charge in [-0.15, -0.1) is 0 Å². The Bertz CT molecular complexity index is 1370. The quantitative estimate of drug-likeness (QED) is 0.139. The Morgan fingerprint density at radius 1 is 0.711 bits per heavy atom. The number of ether oxygens (including phenoxy) is 1. The van der Waals surface area contributed by atoms with Gasteiger partial charge < -0.3 is 10.1 Å². The van der Waals surface area contributed by atoms with Crippen molar-refractivity contribution in [1.82, 2.24) is 5.32 Å². The van der Waals surface area contributed by atoms with Crippen molar-refractivity contribution in [3.8, 4) is 0 Å². The fourth-order valence-electron chi connectivity index (χ4n) is 4.02. The number of hydrogen-bond donors (Lipinski definition) is 1. The van der Waals surface area contributed by atoms with E-state index in [1.807, 2.05) is 60.7 Å². The Labute approximate surface area is 219 Å². The van der Waals surface area contributed by atoms with Gasteiger partial charge in [-0.05, 0) is 23.3 Å². The Morgan fingerprint density at radius 3 is 1.71 bits per heavy atom. The third kappa shape index (κ3) is 6.36. The molecule has 0 fully saturated rings. The molecule has 0 heterocycles. The molecule has 8 nitrogen and oxygen atoms in total. The smallest absolute Gasteiger partial charge is 0.326 e. The number of carbonyl (C=O) groups is 3. The largest absolute Gasteiger partial charge is 0.448 e. The van der Waals surface area contributed by atoms with Crippen LogP contribution in [0.2, 0.25) is 0 Å². The maximum Gasteiger partial charge on any atom is 0.326 e. The van der Waals surface area contributed by atoms with Gasteiger partial charge in [0, 0.05) is 23.3 Å². The molecule has 0 bridgehead atoms. The lowest BCUT2D eigenvalue weighted by Gasteiger charge is -2.20. The van der Waals surface area contributed by atoms with E-state index in [0.717, 1.165) is 11.1 Å². The fraction of sp³-hybridized carbons (Fsp3) is 0.100. The Kier molecular flexibility index (Phi) is 8.35. The van der Waals surface area contributed by atoms with Gasteiger partial charge in [0.15, 0.2) is 6.10 Å². The van der Waals surface area contributed by atoms with Crippen molar-refractivity contribution < 1.29 is 24.0 Å². The minimum absolute atomic E-state index is 0.161. The number of non-ortho nitro benzene ring substituents is 1. The molecule has 1 amide bonds. The van der Waals surface area contributed by atoms with Crippen molar-refractivity contribution in [1.29, 1.82) is 0 Å². The lowest BCUT2D eigenvalue weighted by molar-refractivity contribution is -0.384. The topological polar surface area (TPSA) is 116 Å². The van der Waals surface area contributed by atoms with Crippen molar-refractivity contribution in [2.24, 2.45) is 0 Å². The minimum atomic E-state index is -1.35. The maximum atomic E-state index is 13.2. The van der Waals surface area contributed by atoms with Gasteiger partial charge in [-0.1, -0.05) is 91.0 Å². The van der Waals surface area contributed by atoms with Gasteiger partial charge in [-0.25, -0.2) is 0 Å². The number of esters is 1. The highest BCUT2D eigenvalue weighted by molar-refractivity contribution is 6.01. The molecule has 4 aromatic carbocycles. The molecule has 190 valence electrons. The summed E-state index contributed by atoms with van der Waals surface area (Å²) in [5.74, 6) is -2.38. The first kappa shape index (κ1) is 26.0. The summed E-state index contributed by atoms with van der Waals surface area (Å²) in [6.45, 7) is -0.472. The lowest BCUT2D eigenvalue weighted by Crippen LogP contribution is -2.36. The molecular weight excluding hydrogens is 484 g/mol. The molecule has 0 aromatic heterocycles. The van der Waals surface area contributed by atoms with E-state index in [9.17, 15) is 24.5 Å². The second kappa shape index (κ2) is 12.2. The number of benzene rings is 4. The number of rotatable bonds is 10. The molecule has 1 N–H and O–H groups in total. The highest BCUT2D eigenvalue weighted by Crippen LogP contribution is 2.26. The summed E-state index contributed by atoms with van der Waals surface area (Å²) in [4.78, 5) is 49.7. The van der Waals surface area contributed by atoms with Crippen molar-refractivity contribution >= 4 is 23.3 Å². The number of Topliss-reactive ketones (excluding diaryl/α,β-unsaturated/α-hetero) is 1. The fourth-order valence-corrected chi connectivity index (χ4v) is 4.02. The molecule has 0 unspecified atom stereocenters. The molecule has 4 rings (SSSR count). The third-order valence-electron chi connectivity index (χ3n) is 5.89. The van der Waals surface area contributed by atoms with Crippen LogP contribution in [0.4, 0.5) is 5.69 Å². The normalized spacial score (nSPS) is 11.4. The number of nitrogens with one attached hydrogen (secondary N) is 1. The van der Waals surface area contributed by atoms with Gasteiger partial charge in [0.2, 0.25) is 11.7 Å². The first-order valence-corrected chi connectivity index (χ1v) is 11.8. The van der Waals surface area contributed by atoms with Crippen LogP contribution in [-0.2, 0) is 14.3 Å². The molecule has 8 heteroatoms. The molecule has 0 spiro atoms. The van der Waals surface area contributed by atoms with Crippen LogP contribution < -0.4 is 5.32 Å². The third-order valence-corrected chi connectivity index (χ3v) is 5.89. The average Bonchev–Trinajstić information content (AvgIpc) is 2.96. The number of ketones is 1. The molecule has 0 aliphatic carbocycles. The number of carbonyl (C=O) groups excluding carboxylic acids is 3. The van der Waals surface area contributed by atoms with Crippen LogP contribution in [0.25, 0.3) is 0 Å². The lowest BCUT2D eigenvalue weighted by atomic mass is 9.90. The van der Waals surface area contributed by atoms with Gasteiger partial charge in [0.05, 0.1) is 10.8 Å². The van der Waals surface area contributed by atoms with Crippen LogP contribution in [0.5, 0.6) is 0 Å². The van der Waals surface area contributed by atoms with Crippen LogP contribution in [0, 0.1) is 10.1 Å². The minimum Gasteiger partial charge on any atom is -0.448 e. The van der Waals surface area contributed by atoms with Gasteiger partial charge in [0.25, 0.3) is 5.69 Å². The van der Waals surface area contributed by atoms with E-state index in [4.69, 9.17) is 4.74 Å². The second-order valence-corrected chi connectivity index (χ2v) is 8.42. The summed E-state index contributed by atoms with van der Waals surface area (Å²) >= 11 is 0. The van der Waals surface area contributed by atoms with Gasteiger partial charge in [-0.3, -0.25) is 24.5 Å². The summed E-state index contributed by atoms with van der Waals surface area (Å²) in [5.41, 5.74) is 1.93. The molecule has 0 saturated carbocycles. The molecule has 38 heavy (non-hydrogen) atoms. The number of nitro groups is 1. The van der Waals surface area contributed by atoms with Crippen LogP contribution >= 0.6 is 0 Å². The second-order valence-electron chi connectivity index (χ2n) is 8.42. The summed E-state index contributed by atoms with van der Waals surface area (Å²) in [6.07, 6.45) is -1.35. The van der Waals surface area contributed by atoms with Crippen LogP contribution in [-0.4, -0.2) is 29.1 Å². The van der Waals surface area contributed by atoms with Crippen molar-refractivity contribution in [2.75, 3.05) is 6.54 Å². The molecular formula is C30H24N2O6. The van der Waals surface area contributed by atoms with Crippen LogP contribution in [0.3, 0.4) is 0 Å². The summed E-state index contributed by atoms with van der Waals surface area (Å²) < 4.78 is 5.52. The SMILES string of the molecule is O=C(CNC(=O)C(c1ccccc1)c1ccccc1)O[C@@H](C(=O)c1ccccc1)c1ccc([N+](=O)[O-])cc1. The van der Waals surface area contributed by atoms with E-state index >= 15 is 0 Å². The number of nitrogens with zero attached hydrogens (tertiary/aromatic N) is 1. The highest BCUT2D eigenvalue weighted by atomic mass is 16.6. The zero-order valence-corrected chi connectivity index (χ0v) is 20.2. The molecule has 0 saturated heterocycles. The van der Waals surface area contributed by atoms with E-state index < -0.39 is 41.1 Å². The first-order chi connectivity index (χ1) is 18.4. The van der Waals surface area contributed by atoms with E-state index in [-0.39, 0.29) is 11.3 Å². The van der Waals surface area contributed by atoms with Crippen molar-refractivity contribution in [3.63, 3.8) is 0 Å². The monoisotopic (exact) mass is 508 g/mol. The molecule has 0 aliphatic heterocycles. The van der Waals surface area contributed by atoms with Gasteiger partial charge >= 0.3 is 5.97 Å². The van der Waals surface area contributed by atoms with E-state index in [0.29, 0.717) is 5.56 Å². The standard InChI is InChI=1S/C30H24N2O6/c33-26(20-31-30(35)27(21-10-4-1-5-11-21)22-12-6-2-7-13-22)38-29(28(34)23-14-8-3-9-15-23)24-16-18-25(19-17-24)32(36)37/h1-19,27,29H,20H2,(H,31,35)/t29-/m1/s1. The number of amides is 1. The van der Waals surface area contributed by atoms with E-state index in [1.165, 1.54) is 24.3 Å². The van der Waals surface area contributed by atoms with Gasteiger partial charge in [0.1, 0.15) is 6.54 Å². The van der Waals surface area contributed by atoms with Crippen molar-refractivity contribution in [2.45, 2.75) is 12.0 Å². The Balaban J connectivity index is 1.51. The van der Waals surface area contributed by atoms with Crippen LogP contribution in [0.15, 0.2) is 115 Å². The Hall–Kier alpha value is -5.11. The van der Waals surface area contributed by atoms with E-state index in [2.05, 4.69) is 5.32 Å². The predicted octanol–water partition coefficient (Wildman–Crippen LogP) is 5.01. The Morgan fingerprint density at radius 2 is 1.21 bits per heavy atom.